The number of carbonyl (C=O) groups is 2. The van der Waals surface area contributed by atoms with Crippen molar-refractivity contribution < 1.29 is 32.0 Å². The van der Waals surface area contributed by atoms with Gasteiger partial charge in [-0.1, -0.05) is 17.9 Å². The van der Waals surface area contributed by atoms with Crippen molar-refractivity contribution in [2.24, 2.45) is 0 Å². The fraction of sp³-hybridized carbons (Fsp3) is 0.355. The molecule has 2 amide bonds. The van der Waals surface area contributed by atoms with Crippen LogP contribution in [0.15, 0.2) is 48.8 Å². The number of amides is 2. The van der Waals surface area contributed by atoms with Gasteiger partial charge in [0.15, 0.2) is 0 Å². The topological polar surface area (TPSA) is 104 Å². The fourth-order valence-corrected chi connectivity index (χ4v) is 5.47. The Hall–Kier alpha value is -4.92. The van der Waals surface area contributed by atoms with E-state index in [1.165, 1.54) is 18.2 Å². The smallest absolute Gasteiger partial charge is 0.407 e. The van der Waals surface area contributed by atoms with Crippen LogP contribution in [0.2, 0.25) is 0 Å². The van der Waals surface area contributed by atoms with E-state index in [9.17, 15) is 18.4 Å². The molecule has 0 unspecified atom stereocenters. The number of aromatic nitrogens is 4. The summed E-state index contributed by atoms with van der Waals surface area (Å²) >= 11 is 0. The van der Waals surface area contributed by atoms with Gasteiger partial charge in [0, 0.05) is 46.9 Å². The van der Waals surface area contributed by atoms with Gasteiger partial charge in [0.1, 0.15) is 17.2 Å². The summed E-state index contributed by atoms with van der Waals surface area (Å²) in [6.07, 6.45) is 2.95. The predicted octanol–water partition coefficient (Wildman–Crippen LogP) is 4.88. The number of hydrogen-bond donors (Lipinski definition) is 1. The Bertz CT molecular complexity index is 1900. The molecule has 0 radical (unpaired) electrons. The van der Waals surface area contributed by atoms with Crippen molar-refractivity contribution in [2.45, 2.75) is 58.0 Å². The number of alkyl halides is 2. The Kier molecular flexibility index (Phi) is 6.15. The first kappa shape index (κ1) is 24.7. The summed E-state index contributed by atoms with van der Waals surface area (Å²) in [5, 5.41) is 6.96. The van der Waals surface area contributed by atoms with Crippen LogP contribution in [0, 0.1) is 11.8 Å². The minimum absolute atomic E-state index is 0.0106. The molecule has 4 heterocycles. The minimum Gasteiger partial charge on any atom is -0.444 e. The van der Waals surface area contributed by atoms with Gasteiger partial charge in [0.25, 0.3) is 5.91 Å². The molecule has 10 nitrogen and oxygen atoms in total. The zero-order valence-electron chi connectivity index (χ0n) is 26.6. The lowest BCUT2D eigenvalue weighted by Gasteiger charge is -2.24. The number of ether oxygens (including phenoxy) is 2. The van der Waals surface area contributed by atoms with E-state index in [0.717, 1.165) is 4.90 Å². The summed E-state index contributed by atoms with van der Waals surface area (Å²) in [4.78, 5) is 30.9. The maximum absolute atomic E-state index is 13.6. The van der Waals surface area contributed by atoms with Gasteiger partial charge < -0.3 is 24.3 Å². The Morgan fingerprint density at radius 1 is 1.21 bits per heavy atom. The van der Waals surface area contributed by atoms with E-state index in [2.05, 4.69) is 22.3 Å². The zero-order valence-corrected chi connectivity index (χ0v) is 23.6. The number of benzene rings is 2. The Labute approximate surface area is 250 Å². The summed E-state index contributed by atoms with van der Waals surface area (Å²) < 4.78 is 64.8. The lowest BCUT2D eigenvalue weighted by atomic mass is 9.97. The van der Waals surface area contributed by atoms with Gasteiger partial charge in [-0.15, -0.1) is 0 Å². The maximum atomic E-state index is 13.6. The van der Waals surface area contributed by atoms with Gasteiger partial charge in [0.2, 0.25) is 0 Å². The molecular weight excluding hydrogens is 558 g/mol. The molecular formula is C31H30F2N6O4. The van der Waals surface area contributed by atoms with Crippen LogP contribution in [0.1, 0.15) is 76.3 Å². The Morgan fingerprint density at radius 3 is 2.79 bits per heavy atom. The third kappa shape index (κ3) is 5.50. The highest BCUT2D eigenvalue weighted by Crippen LogP contribution is 2.49. The number of hydrogen-bond acceptors (Lipinski definition) is 6. The van der Waals surface area contributed by atoms with Gasteiger partial charge in [-0.2, -0.15) is 13.9 Å². The molecule has 0 saturated heterocycles. The molecule has 1 N–H and O–H groups in total. The second kappa shape index (κ2) is 10.7. The first-order chi connectivity index (χ1) is 21.7. The van der Waals surface area contributed by atoms with Crippen molar-refractivity contribution in [1.82, 2.24) is 29.5 Å². The summed E-state index contributed by atoms with van der Waals surface area (Å²) in [6.45, 7) is 0.116. The summed E-state index contributed by atoms with van der Waals surface area (Å²) in [6, 6.07) is 7.86. The van der Waals surface area contributed by atoms with Crippen LogP contribution in [0.5, 0.6) is 5.75 Å². The van der Waals surface area contributed by atoms with Crippen LogP contribution in [-0.4, -0.2) is 62.0 Å². The molecule has 2 aliphatic heterocycles. The number of nitrogens with one attached hydrogen (secondary N) is 1. The maximum Gasteiger partial charge on any atom is 0.407 e. The molecule has 0 fully saturated rings. The van der Waals surface area contributed by atoms with Gasteiger partial charge >= 0.3 is 12.7 Å². The first-order valence-corrected chi connectivity index (χ1v) is 13.6. The van der Waals surface area contributed by atoms with Crippen LogP contribution in [-0.2, 0) is 11.3 Å². The van der Waals surface area contributed by atoms with Gasteiger partial charge in [-0.25, -0.2) is 9.78 Å². The monoisotopic (exact) mass is 591 g/mol. The van der Waals surface area contributed by atoms with E-state index in [4.69, 9.17) is 18.6 Å². The second-order valence-electron chi connectivity index (χ2n) is 11.3. The molecule has 2 atom stereocenters. The summed E-state index contributed by atoms with van der Waals surface area (Å²) in [5.74, 6) is 5.52. The molecule has 2 aliphatic rings. The van der Waals surface area contributed by atoms with E-state index in [1.807, 2.05) is 0 Å². The largest absolute Gasteiger partial charge is 0.444 e. The van der Waals surface area contributed by atoms with Gasteiger partial charge in [0.05, 0.1) is 41.4 Å². The summed E-state index contributed by atoms with van der Waals surface area (Å²) in [5.41, 5.74) is 1.98. The SMILES string of the molecule is [2H]C([2H])([2H])N1C(=O)c2cccc(OC(F)F)c2[C@H]2C[C@@H]1c1nc3ccc(C#Cc4cnn(CCNC(=O)OC(C)(C)C)c4)cc3n12. The molecule has 12 heteroatoms. The van der Waals surface area contributed by atoms with Crippen LogP contribution in [0.3, 0.4) is 0 Å². The second-order valence-corrected chi connectivity index (χ2v) is 11.3. The van der Waals surface area contributed by atoms with Crippen molar-refractivity contribution in [3.63, 3.8) is 0 Å². The molecule has 2 aromatic heterocycles. The van der Waals surface area contributed by atoms with Crippen molar-refractivity contribution in [2.75, 3.05) is 13.5 Å². The van der Waals surface area contributed by atoms with Crippen molar-refractivity contribution >= 4 is 23.0 Å². The highest BCUT2D eigenvalue weighted by atomic mass is 19.3. The highest BCUT2D eigenvalue weighted by Gasteiger charge is 2.45. The lowest BCUT2D eigenvalue weighted by Crippen LogP contribution is -2.34. The van der Waals surface area contributed by atoms with Gasteiger partial charge in [-0.05, 0) is 51.1 Å². The lowest BCUT2D eigenvalue weighted by molar-refractivity contribution is -0.0507. The van der Waals surface area contributed by atoms with Crippen LogP contribution >= 0.6 is 0 Å². The minimum atomic E-state index is -3.15. The van der Waals surface area contributed by atoms with Crippen LogP contribution < -0.4 is 10.1 Å². The molecule has 0 saturated carbocycles. The zero-order chi connectivity index (χ0) is 33.0. The third-order valence-electron chi connectivity index (χ3n) is 7.14. The molecule has 222 valence electrons. The number of carbonyl (C=O) groups excluding carboxylic acids is 2. The van der Waals surface area contributed by atoms with Crippen molar-refractivity contribution in [3.05, 3.63) is 76.9 Å². The normalized spacial score (nSPS) is 18.6. The predicted molar refractivity (Wildman–Crippen MR) is 153 cm³/mol. The van der Waals surface area contributed by atoms with Crippen molar-refractivity contribution in [3.8, 4) is 17.6 Å². The number of imidazole rings is 1. The van der Waals surface area contributed by atoms with E-state index in [1.54, 1.807) is 60.6 Å². The van der Waals surface area contributed by atoms with E-state index in [-0.39, 0.29) is 23.3 Å². The summed E-state index contributed by atoms with van der Waals surface area (Å²) in [7, 11) is 0. The standard InChI is InChI=1S/C31H30F2N6O4/c1-31(2,3)43-30(41)34-12-13-38-17-19(16-35-38)9-8-18-10-11-21-22(14-18)39-23-15-24(27(39)36-21)37(4)28(40)20-6-5-7-25(26(20)23)42-29(32)33/h5-7,10-11,14,16-17,23-24,29H,12-13,15H2,1-4H3,(H,34,41)/t23-,24-/m1/s1/i4D3. The fourth-order valence-electron chi connectivity index (χ4n) is 5.47. The van der Waals surface area contributed by atoms with E-state index in [0.29, 0.717) is 41.1 Å². The molecule has 2 bridgehead atoms. The average Bonchev–Trinajstić information content (AvgIpc) is 3.62. The average molecular weight is 592 g/mol. The Balaban J connectivity index is 1.31. The van der Waals surface area contributed by atoms with E-state index < -0.39 is 43.3 Å². The molecule has 0 aliphatic carbocycles. The molecule has 2 aromatic carbocycles. The van der Waals surface area contributed by atoms with Crippen molar-refractivity contribution in [1.29, 1.82) is 0 Å². The van der Waals surface area contributed by atoms with Crippen LogP contribution in [0.25, 0.3) is 11.0 Å². The number of halogens is 2. The number of nitrogens with zero attached hydrogens (tertiary/aromatic N) is 5. The Morgan fingerprint density at radius 2 is 2.02 bits per heavy atom. The number of alkyl carbamates (subject to hydrolysis) is 1. The quantitative estimate of drug-likeness (QED) is 0.332. The molecule has 0 spiro atoms. The molecule has 43 heavy (non-hydrogen) atoms. The number of fused-ring (bicyclic) bond motifs is 9. The van der Waals surface area contributed by atoms with Gasteiger partial charge in [-0.3, -0.25) is 9.48 Å². The van der Waals surface area contributed by atoms with Crippen LogP contribution in [0.4, 0.5) is 13.6 Å². The molecule has 6 rings (SSSR count). The first-order valence-electron chi connectivity index (χ1n) is 15.1. The highest BCUT2D eigenvalue weighted by molar-refractivity contribution is 5.97. The third-order valence-corrected chi connectivity index (χ3v) is 7.14. The van der Waals surface area contributed by atoms with E-state index >= 15 is 0 Å². The molecule has 4 aromatic rings. The number of rotatable bonds is 5.